The molecule has 0 saturated heterocycles. The van der Waals surface area contributed by atoms with Crippen LogP contribution in [0.1, 0.15) is 22.3 Å². The minimum Gasteiger partial charge on any atom is -0.497 e. The quantitative estimate of drug-likeness (QED) is 0.341. The van der Waals surface area contributed by atoms with Gasteiger partial charge in [0.1, 0.15) is 24.0 Å². The Labute approximate surface area is 198 Å². The minimum atomic E-state index is 0.293. The number of fused-ring (bicyclic) bond motifs is 3. The van der Waals surface area contributed by atoms with E-state index >= 15 is 0 Å². The lowest BCUT2D eigenvalue weighted by atomic mass is 9.83. The van der Waals surface area contributed by atoms with Gasteiger partial charge >= 0.3 is 0 Å². The molecule has 0 aliphatic heterocycles. The van der Waals surface area contributed by atoms with Crippen molar-refractivity contribution in [2.24, 2.45) is 0 Å². The minimum absolute atomic E-state index is 0.293. The van der Waals surface area contributed by atoms with Crippen molar-refractivity contribution in [3.05, 3.63) is 100 Å². The van der Waals surface area contributed by atoms with E-state index in [1.54, 1.807) is 7.11 Å². The van der Waals surface area contributed by atoms with Crippen molar-refractivity contribution in [1.82, 2.24) is 4.98 Å². The van der Waals surface area contributed by atoms with Crippen LogP contribution in [0.25, 0.3) is 22.4 Å². The first-order chi connectivity index (χ1) is 16.2. The van der Waals surface area contributed by atoms with Gasteiger partial charge in [-0.25, -0.2) is 4.98 Å². The summed E-state index contributed by atoms with van der Waals surface area (Å²) in [7, 11) is 1.64. The van der Waals surface area contributed by atoms with Gasteiger partial charge in [0.25, 0.3) is 0 Å². The lowest BCUT2D eigenvalue weighted by Crippen LogP contribution is -2.11. The van der Waals surface area contributed by atoms with Gasteiger partial charge in [-0.15, -0.1) is 0 Å². The molecular weight excluding hydrogens is 432 g/mol. The van der Waals surface area contributed by atoms with Crippen LogP contribution in [0, 0.1) is 11.3 Å². The van der Waals surface area contributed by atoms with Crippen LogP contribution in [0.3, 0.4) is 0 Å². The number of aryl methyl sites for hydroxylation is 1. The summed E-state index contributed by atoms with van der Waals surface area (Å²) in [6.07, 6.45) is 1.72. The number of rotatable bonds is 5. The predicted molar refractivity (Wildman–Crippen MR) is 130 cm³/mol. The number of methoxy groups -OCH3 is 1. The van der Waals surface area contributed by atoms with Crippen molar-refractivity contribution >= 4 is 11.6 Å². The molecule has 0 amide bonds. The fourth-order valence-electron chi connectivity index (χ4n) is 4.31. The Bertz CT molecular complexity index is 1360. The number of pyridine rings is 1. The molecule has 0 unspecified atom stereocenters. The molecule has 4 nitrogen and oxygen atoms in total. The molecule has 1 aromatic heterocycles. The van der Waals surface area contributed by atoms with E-state index in [2.05, 4.69) is 24.3 Å². The molecule has 0 saturated carbocycles. The van der Waals surface area contributed by atoms with Gasteiger partial charge < -0.3 is 9.47 Å². The van der Waals surface area contributed by atoms with Gasteiger partial charge in [0.2, 0.25) is 5.88 Å². The summed E-state index contributed by atoms with van der Waals surface area (Å²) in [5.74, 6) is 1.11. The highest BCUT2D eigenvalue weighted by Crippen LogP contribution is 2.42. The first-order valence-corrected chi connectivity index (χ1v) is 11.1. The van der Waals surface area contributed by atoms with E-state index in [1.807, 2.05) is 54.6 Å². The maximum Gasteiger partial charge on any atom is 0.233 e. The number of hydrogen-bond acceptors (Lipinski definition) is 4. The van der Waals surface area contributed by atoms with E-state index < -0.39 is 0 Å². The van der Waals surface area contributed by atoms with E-state index in [0.29, 0.717) is 23.1 Å². The van der Waals surface area contributed by atoms with Gasteiger partial charge in [-0.2, -0.15) is 5.26 Å². The molecule has 5 heteroatoms. The fraction of sp³-hybridized carbons (Fsp3) is 0.143. The normalized spacial score (nSPS) is 11.8. The third-order valence-electron chi connectivity index (χ3n) is 5.96. The average molecular weight is 453 g/mol. The largest absolute Gasteiger partial charge is 0.497 e. The summed E-state index contributed by atoms with van der Waals surface area (Å²) in [5.41, 5.74) is 7.54. The Morgan fingerprint density at radius 2 is 1.73 bits per heavy atom. The van der Waals surface area contributed by atoms with Gasteiger partial charge in [-0.05, 0) is 59.4 Å². The summed E-state index contributed by atoms with van der Waals surface area (Å²) < 4.78 is 11.5. The topological polar surface area (TPSA) is 55.1 Å². The fourth-order valence-corrected chi connectivity index (χ4v) is 4.44. The van der Waals surface area contributed by atoms with Gasteiger partial charge in [-0.3, -0.25) is 0 Å². The molecule has 5 rings (SSSR count). The molecule has 0 bridgehead atoms. The molecule has 1 aliphatic carbocycles. The van der Waals surface area contributed by atoms with Gasteiger partial charge in [-0.1, -0.05) is 60.1 Å². The number of benzene rings is 3. The molecule has 0 fully saturated rings. The Morgan fingerprint density at radius 3 is 2.45 bits per heavy atom. The third kappa shape index (κ3) is 4.04. The van der Waals surface area contributed by atoms with Crippen molar-refractivity contribution in [3.8, 4) is 40.1 Å². The van der Waals surface area contributed by atoms with Gasteiger partial charge in [0.15, 0.2) is 0 Å². The number of hydrogen-bond donors (Lipinski definition) is 0. The number of nitrogens with zero attached hydrogens (tertiary/aromatic N) is 2. The van der Waals surface area contributed by atoms with Crippen LogP contribution in [-0.4, -0.2) is 12.1 Å². The molecule has 4 aromatic rings. The molecule has 0 spiro atoms. The van der Waals surface area contributed by atoms with Crippen molar-refractivity contribution in [3.63, 3.8) is 0 Å². The zero-order valence-electron chi connectivity index (χ0n) is 18.1. The van der Waals surface area contributed by atoms with E-state index in [9.17, 15) is 5.26 Å². The molecule has 0 atom stereocenters. The van der Waals surface area contributed by atoms with Crippen LogP contribution in [0.2, 0.25) is 5.02 Å². The zero-order chi connectivity index (χ0) is 22.8. The lowest BCUT2D eigenvalue weighted by molar-refractivity contribution is 0.293. The van der Waals surface area contributed by atoms with Crippen LogP contribution in [0.15, 0.2) is 72.8 Å². The van der Waals surface area contributed by atoms with Gasteiger partial charge in [0.05, 0.1) is 12.8 Å². The second-order valence-corrected chi connectivity index (χ2v) is 8.34. The summed E-state index contributed by atoms with van der Waals surface area (Å²) in [5, 5.41) is 10.8. The van der Waals surface area contributed by atoms with Crippen LogP contribution in [-0.2, 0) is 19.4 Å². The molecule has 1 heterocycles. The standard InChI is InChI=1S/C28H21ClN2O2/c1-32-22-13-8-20(9-14-22)26-24-15-10-19-4-2-3-5-23(19)27(24)31-28(25(26)16-30)33-17-18-6-11-21(29)12-7-18/h2-9,11-14H,10,15,17H2,1H3. The van der Waals surface area contributed by atoms with E-state index in [1.165, 1.54) is 5.56 Å². The van der Waals surface area contributed by atoms with Crippen LogP contribution in [0.4, 0.5) is 0 Å². The SMILES string of the molecule is COc1ccc(-c2c(C#N)c(OCc3ccc(Cl)cc3)nc3c2CCc2ccccc2-3)cc1. The maximum absolute atomic E-state index is 10.2. The molecule has 0 N–H and O–H groups in total. The lowest BCUT2D eigenvalue weighted by Gasteiger charge is -2.24. The summed E-state index contributed by atoms with van der Waals surface area (Å²) >= 11 is 6.01. The monoisotopic (exact) mass is 452 g/mol. The molecule has 1 aliphatic rings. The van der Waals surface area contributed by atoms with Crippen LogP contribution >= 0.6 is 11.6 Å². The van der Waals surface area contributed by atoms with Crippen LogP contribution in [0.5, 0.6) is 11.6 Å². The van der Waals surface area contributed by atoms with Gasteiger partial charge in [0, 0.05) is 16.1 Å². The zero-order valence-corrected chi connectivity index (χ0v) is 18.9. The third-order valence-corrected chi connectivity index (χ3v) is 6.21. The van der Waals surface area contributed by atoms with Crippen molar-refractivity contribution in [1.29, 1.82) is 5.26 Å². The highest BCUT2D eigenvalue weighted by molar-refractivity contribution is 6.30. The van der Waals surface area contributed by atoms with Crippen molar-refractivity contribution < 1.29 is 9.47 Å². The second-order valence-electron chi connectivity index (χ2n) is 7.91. The van der Waals surface area contributed by atoms with E-state index in [-0.39, 0.29) is 0 Å². The first-order valence-electron chi connectivity index (χ1n) is 10.7. The summed E-state index contributed by atoms with van der Waals surface area (Å²) in [6, 6.07) is 25.9. The number of nitriles is 1. The highest BCUT2D eigenvalue weighted by Gasteiger charge is 2.26. The van der Waals surface area contributed by atoms with Crippen molar-refractivity contribution in [2.45, 2.75) is 19.4 Å². The molecular formula is C28H21ClN2O2. The Hall–Kier alpha value is -3.81. The highest BCUT2D eigenvalue weighted by atomic mass is 35.5. The maximum atomic E-state index is 10.2. The predicted octanol–water partition coefficient (Wildman–Crippen LogP) is 6.63. The number of aromatic nitrogens is 1. The van der Waals surface area contributed by atoms with E-state index in [4.69, 9.17) is 26.1 Å². The smallest absolute Gasteiger partial charge is 0.233 e. The molecule has 33 heavy (non-hydrogen) atoms. The molecule has 3 aromatic carbocycles. The number of ether oxygens (including phenoxy) is 2. The number of halogens is 1. The Balaban J connectivity index is 1.67. The average Bonchev–Trinajstić information content (AvgIpc) is 2.87. The molecule has 0 radical (unpaired) electrons. The second kappa shape index (κ2) is 8.97. The summed E-state index contributed by atoms with van der Waals surface area (Å²) in [4.78, 5) is 4.88. The van der Waals surface area contributed by atoms with E-state index in [0.717, 1.165) is 52.1 Å². The Morgan fingerprint density at radius 1 is 0.970 bits per heavy atom. The van der Waals surface area contributed by atoms with Crippen molar-refractivity contribution in [2.75, 3.05) is 7.11 Å². The summed E-state index contributed by atoms with van der Waals surface area (Å²) in [6.45, 7) is 0.293. The Kier molecular flexibility index (Phi) is 5.73. The van der Waals surface area contributed by atoms with Crippen LogP contribution < -0.4 is 9.47 Å². The first kappa shape index (κ1) is 21.1. The molecule has 162 valence electrons.